The third kappa shape index (κ3) is 2.13. The summed E-state index contributed by atoms with van der Waals surface area (Å²) >= 11 is 0. The fraction of sp³-hybridized carbons (Fsp3) is 0.250. The molecule has 29 heavy (non-hydrogen) atoms. The molecule has 7 N–H and O–H groups in total. The molecule has 150 valence electrons. The number of hydrogen-bond donors (Lipinski definition) is 6. The van der Waals surface area contributed by atoms with E-state index in [-0.39, 0.29) is 28.7 Å². The molecule has 0 unspecified atom stereocenters. The molecule has 0 radical (unpaired) electrons. The molecule has 2 aliphatic rings. The summed E-state index contributed by atoms with van der Waals surface area (Å²) in [5.41, 5.74) is 1.56. The van der Waals surface area contributed by atoms with E-state index in [1.54, 1.807) is 19.1 Å². The molecule has 2 aromatic rings. The molecular weight excluding hydrogens is 382 g/mol. The highest BCUT2D eigenvalue weighted by Gasteiger charge is 2.61. The van der Waals surface area contributed by atoms with Crippen LogP contribution in [0.1, 0.15) is 21.5 Å². The van der Waals surface area contributed by atoms with Gasteiger partial charge in [0.25, 0.3) is 5.91 Å². The van der Waals surface area contributed by atoms with E-state index in [1.807, 2.05) is 0 Å². The first-order valence-corrected chi connectivity index (χ1v) is 8.72. The normalized spacial score (nSPS) is 26.4. The van der Waals surface area contributed by atoms with Crippen LogP contribution in [0, 0.1) is 12.8 Å². The van der Waals surface area contributed by atoms with Crippen LogP contribution in [0.15, 0.2) is 29.5 Å². The third-order valence-corrected chi connectivity index (χ3v) is 5.95. The zero-order valence-electron chi connectivity index (χ0n) is 15.1. The second-order valence-electron chi connectivity index (χ2n) is 7.33. The van der Waals surface area contributed by atoms with Gasteiger partial charge in [-0.1, -0.05) is 12.1 Å². The fourth-order valence-electron chi connectivity index (χ4n) is 4.45. The lowest BCUT2D eigenvalue weighted by atomic mass is 9.62. The number of amides is 1. The van der Waals surface area contributed by atoms with Crippen LogP contribution in [-0.4, -0.2) is 54.7 Å². The topological polar surface area (TPSA) is 178 Å². The molecule has 2 aliphatic carbocycles. The molecule has 0 saturated carbocycles. The van der Waals surface area contributed by atoms with Crippen molar-refractivity contribution in [1.82, 2.24) is 0 Å². The molecule has 0 spiro atoms. The number of fused-ring (bicyclic) bond motifs is 3. The molecule has 2 aromatic carbocycles. The molecule has 0 fully saturated rings. The van der Waals surface area contributed by atoms with Crippen molar-refractivity contribution in [2.24, 2.45) is 11.7 Å². The number of aromatic hydroxyl groups is 2. The molecule has 0 bridgehead atoms. The summed E-state index contributed by atoms with van der Waals surface area (Å²) in [4.78, 5) is 37.2. The number of aliphatic hydroxyl groups excluding tert-OH is 2. The minimum atomic E-state index is -2.84. The number of hydrogen-bond acceptors (Lipinski definition) is 8. The number of aliphatic hydroxyl groups is 3. The average Bonchev–Trinajstić information content (AvgIpc) is 2.66. The molecular formula is C20H17NO8. The number of nitrogens with two attached hydrogens (primary N) is 1. The molecule has 0 heterocycles. The predicted octanol–water partition coefficient (Wildman–Crippen LogP) is -0.113. The lowest BCUT2D eigenvalue weighted by Gasteiger charge is -2.44. The molecule has 9 nitrogen and oxygen atoms in total. The van der Waals surface area contributed by atoms with Gasteiger partial charge in [0.15, 0.2) is 5.60 Å². The summed E-state index contributed by atoms with van der Waals surface area (Å²) in [5.74, 6) is -7.48. The standard InChI is InChI=1S/C20H17NO8/c1-6-7-3-2-4-10(22)11(7)15(24)12-8(6)5-9-14(23)16(25)13(19(21)28)18(27)20(9,29)17(12)26/h2-4,9,14,22-24,27,29H,5H2,1H3,(H2,21,28)/t9-,14+,20+/m0/s1. The number of carbonyl (C=O) groups excluding carboxylic acids is 3. The quantitative estimate of drug-likeness (QED) is 0.359. The highest BCUT2D eigenvalue weighted by molar-refractivity contribution is 6.24. The number of ketones is 2. The Morgan fingerprint density at radius 3 is 2.48 bits per heavy atom. The summed E-state index contributed by atoms with van der Waals surface area (Å²) in [5, 5.41) is 53.3. The molecule has 0 aromatic heterocycles. The van der Waals surface area contributed by atoms with E-state index in [1.165, 1.54) is 6.07 Å². The number of Topliss-reactive ketones (excluding diaryl/α,β-unsaturated/α-hetero) is 2. The Labute approximate surface area is 163 Å². The van der Waals surface area contributed by atoms with Crippen molar-refractivity contribution < 1.29 is 39.9 Å². The fourth-order valence-corrected chi connectivity index (χ4v) is 4.45. The van der Waals surface area contributed by atoms with E-state index in [0.717, 1.165) is 0 Å². The van der Waals surface area contributed by atoms with Crippen molar-refractivity contribution in [3.05, 3.63) is 46.2 Å². The van der Waals surface area contributed by atoms with Crippen molar-refractivity contribution in [1.29, 1.82) is 0 Å². The van der Waals surface area contributed by atoms with Crippen LogP contribution in [-0.2, 0) is 16.0 Å². The second-order valence-corrected chi connectivity index (χ2v) is 7.33. The summed E-state index contributed by atoms with van der Waals surface area (Å²) < 4.78 is 0. The van der Waals surface area contributed by atoms with Crippen molar-refractivity contribution in [2.75, 3.05) is 0 Å². The van der Waals surface area contributed by atoms with Gasteiger partial charge >= 0.3 is 0 Å². The van der Waals surface area contributed by atoms with E-state index >= 15 is 0 Å². The molecule has 1 amide bonds. The van der Waals surface area contributed by atoms with Crippen LogP contribution in [0.2, 0.25) is 0 Å². The maximum atomic E-state index is 13.3. The van der Waals surface area contributed by atoms with Crippen molar-refractivity contribution in [2.45, 2.75) is 25.0 Å². The number of aryl methyl sites for hydroxylation is 1. The van der Waals surface area contributed by atoms with Gasteiger partial charge in [-0.15, -0.1) is 0 Å². The Morgan fingerprint density at radius 2 is 1.86 bits per heavy atom. The Balaban J connectivity index is 2.10. The monoisotopic (exact) mass is 399 g/mol. The van der Waals surface area contributed by atoms with Gasteiger partial charge in [-0.05, 0) is 35.9 Å². The van der Waals surface area contributed by atoms with Gasteiger partial charge in [0, 0.05) is 5.92 Å². The van der Waals surface area contributed by atoms with E-state index in [2.05, 4.69) is 0 Å². The summed E-state index contributed by atoms with van der Waals surface area (Å²) in [6.45, 7) is 1.62. The summed E-state index contributed by atoms with van der Waals surface area (Å²) in [7, 11) is 0. The number of rotatable bonds is 1. The summed E-state index contributed by atoms with van der Waals surface area (Å²) in [6.07, 6.45) is -2.23. The van der Waals surface area contributed by atoms with Crippen molar-refractivity contribution in [3.63, 3.8) is 0 Å². The Bertz CT molecular complexity index is 1180. The van der Waals surface area contributed by atoms with Crippen LogP contribution in [0.4, 0.5) is 0 Å². The minimum Gasteiger partial charge on any atom is -0.508 e. The number of phenolic OH excluding ortho intramolecular Hbond substituents is 2. The zero-order valence-corrected chi connectivity index (χ0v) is 15.1. The first-order chi connectivity index (χ1) is 13.5. The van der Waals surface area contributed by atoms with Gasteiger partial charge < -0.3 is 31.3 Å². The number of benzene rings is 2. The zero-order chi connectivity index (χ0) is 21.4. The second kappa shape index (κ2) is 5.79. The highest BCUT2D eigenvalue weighted by atomic mass is 16.4. The van der Waals surface area contributed by atoms with Gasteiger partial charge in [0.05, 0.1) is 10.9 Å². The van der Waals surface area contributed by atoms with Crippen LogP contribution < -0.4 is 5.73 Å². The Hall–Kier alpha value is -3.43. The van der Waals surface area contributed by atoms with Gasteiger partial charge in [0.2, 0.25) is 11.6 Å². The smallest absolute Gasteiger partial charge is 0.255 e. The van der Waals surface area contributed by atoms with E-state index in [4.69, 9.17) is 5.73 Å². The van der Waals surface area contributed by atoms with E-state index in [9.17, 15) is 39.9 Å². The maximum absolute atomic E-state index is 13.3. The van der Waals surface area contributed by atoms with Crippen LogP contribution in [0.3, 0.4) is 0 Å². The Morgan fingerprint density at radius 1 is 1.21 bits per heavy atom. The first kappa shape index (κ1) is 18.9. The van der Waals surface area contributed by atoms with Crippen molar-refractivity contribution in [3.8, 4) is 11.5 Å². The molecule has 4 rings (SSSR count). The molecule has 9 heteroatoms. The number of carbonyl (C=O) groups is 3. The van der Waals surface area contributed by atoms with E-state index in [0.29, 0.717) is 10.9 Å². The molecule has 0 saturated heterocycles. The Kier molecular flexibility index (Phi) is 3.77. The number of primary amides is 1. The van der Waals surface area contributed by atoms with Gasteiger partial charge in [-0.25, -0.2) is 0 Å². The first-order valence-electron chi connectivity index (χ1n) is 8.72. The number of phenols is 2. The minimum absolute atomic E-state index is 0.0230. The van der Waals surface area contributed by atoms with Gasteiger partial charge in [-0.3, -0.25) is 14.4 Å². The lowest BCUT2D eigenvalue weighted by molar-refractivity contribution is -0.138. The molecule has 0 aliphatic heterocycles. The summed E-state index contributed by atoms with van der Waals surface area (Å²) in [6, 6.07) is 4.47. The average molecular weight is 399 g/mol. The van der Waals surface area contributed by atoms with E-state index < -0.39 is 52.2 Å². The third-order valence-electron chi connectivity index (χ3n) is 5.95. The SMILES string of the molecule is Cc1c2c(c(O)c3c(O)cccc13)C(=O)[C@@]1(O)C(O)=C(C(N)=O)C(=O)[C@H](O)[C@@H]1C2. The maximum Gasteiger partial charge on any atom is 0.255 e. The highest BCUT2D eigenvalue weighted by Crippen LogP contribution is 2.50. The van der Waals surface area contributed by atoms with Gasteiger partial charge in [0.1, 0.15) is 28.9 Å². The lowest BCUT2D eigenvalue weighted by Crippen LogP contribution is -2.61. The van der Waals surface area contributed by atoms with Crippen LogP contribution in [0.5, 0.6) is 11.5 Å². The predicted molar refractivity (Wildman–Crippen MR) is 98.4 cm³/mol. The molecule has 3 atom stereocenters. The van der Waals surface area contributed by atoms with Crippen LogP contribution in [0.25, 0.3) is 10.8 Å². The van der Waals surface area contributed by atoms with Crippen LogP contribution >= 0.6 is 0 Å². The van der Waals surface area contributed by atoms with Crippen molar-refractivity contribution >= 4 is 28.2 Å². The van der Waals surface area contributed by atoms with Gasteiger partial charge in [-0.2, -0.15) is 0 Å². The largest absolute Gasteiger partial charge is 0.508 e.